The Morgan fingerprint density at radius 2 is 1.63 bits per heavy atom. The molecule has 2 amide bonds. The fourth-order valence-corrected chi connectivity index (χ4v) is 2.69. The van der Waals surface area contributed by atoms with Crippen molar-refractivity contribution in [3.63, 3.8) is 0 Å². The molecule has 3 rings (SSSR count). The maximum absolute atomic E-state index is 12.7. The van der Waals surface area contributed by atoms with Crippen LogP contribution >= 0.6 is 0 Å². The molecule has 0 unspecified atom stereocenters. The molecular formula is C21H22N4O2. The van der Waals surface area contributed by atoms with Crippen molar-refractivity contribution >= 4 is 11.8 Å². The zero-order chi connectivity index (χ0) is 19.2. The van der Waals surface area contributed by atoms with Crippen LogP contribution in [0.3, 0.4) is 0 Å². The molecule has 0 saturated carbocycles. The maximum atomic E-state index is 12.7. The van der Waals surface area contributed by atoms with Gasteiger partial charge in [0.2, 0.25) is 5.91 Å². The summed E-state index contributed by atoms with van der Waals surface area (Å²) in [5.41, 5.74) is 2.68. The molecule has 6 nitrogen and oxygen atoms in total. The first kappa shape index (κ1) is 18.4. The Morgan fingerprint density at radius 1 is 1.00 bits per heavy atom. The van der Waals surface area contributed by atoms with Crippen LogP contribution < -0.4 is 10.6 Å². The van der Waals surface area contributed by atoms with E-state index in [0.717, 1.165) is 11.3 Å². The molecule has 1 heterocycles. The molecule has 0 saturated heterocycles. The van der Waals surface area contributed by atoms with Gasteiger partial charge in [0.15, 0.2) is 0 Å². The second kappa shape index (κ2) is 8.31. The van der Waals surface area contributed by atoms with E-state index in [9.17, 15) is 9.59 Å². The molecule has 2 aromatic carbocycles. The number of para-hydroxylation sites is 1. The number of amides is 2. The molecule has 0 aliphatic heterocycles. The van der Waals surface area contributed by atoms with Gasteiger partial charge in [-0.05, 0) is 26.0 Å². The standard InChI is InChI=1S/C21H22N4O2/c1-15(2)23-19(26)13-22-21(27)18-14-25(17-11-7-4-8-12-17)24-20(18)16-9-5-3-6-10-16/h3-12,14-15H,13H2,1-2H3,(H,22,27)(H,23,26). The van der Waals surface area contributed by atoms with Gasteiger partial charge in [0, 0.05) is 17.8 Å². The van der Waals surface area contributed by atoms with E-state index in [0.29, 0.717) is 11.3 Å². The highest BCUT2D eigenvalue weighted by molar-refractivity contribution is 6.01. The van der Waals surface area contributed by atoms with Crippen molar-refractivity contribution in [2.24, 2.45) is 0 Å². The number of carbonyl (C=O) groups is 2. The highest BCUT2D eigenvalue weighted by atomic mass is 16.2. The van der Waals surface area contributed by atoms with Crippen LogP contribution in [-0.2, 0) is 4.79 Å². The summed E-state index contributed by atoms with van der Waals surface area (Å²) in [4.78, 5) is 24.6. The van der Waals surface area contributed by atoms with Gasteiger partial charge in [0.1, 0.15) is 5.69 Å². The summed E-state index contributed by atoms with van der Waals surface area (Å²) in [6.07, 6.45) is 1.69. The predicted octanol–water partition coefficient (Wildman–Crippen LogP) is 2.79. The van der Waals surface area contributed by atoms with Crippen LogP contribution in [0.1, 0.15) is 24.2 Å². The third kappa shape index (κ3) is 4.61. The number of rotatable bonds is 6. The van der Waals surface area contributed by atoms with Crippen molar-refractivity contribution in [2.75, 3.05) is 6.54 Å². The Morgan fingerprint density at radius 3 is 2.26 bits per heavy atom. The summed E-state index contributed by atoms with van der Waals surface area (Å²) in [5.74, 6) is -0.565. The highest BCUT2D eigenvalue weighted by Crippen LogP contribution is 2.23. The summed E-state index contributed by atoms with van der Waals surface area (Å²) in [6.45, 7) is 3.66. The van der Waals surface area contributed by atoms with E-state index in [2.05, 4.69) is 15.7 Å². The Bertz CT molecular complexity index is 918. The van der Waals surface area contributed by atoms with Gasteiger partial charge in [-0.1, -0.05) is 48.5 Å². The quantitative estimate of drug-likeness (QED) is 0.708. The zero-order valence-electron chi connectivity index (χ0n) is 15.3. The van der Waals surface area contributed by atoms with Gasteiger partial charge >= 0.3 is 0 Å². The summed E-state index contributed by atoms with van der Waals surface area (Å²) >= 11 is 0. The molecular weight excluding hydrogens is 340 g/mol. The van der Waals surface area contributed by atoms with E-state index >= 15 is 0 Å². The molecule has 0 atom stereocenters. The third-order valence-electron chi connectivity index (χ3n) is 3.89. The van der Waals surface area contributed by atoms with Crippen molar-refractivity contribution in [3.05, 3.63) is 72.4 Å². The molecule has 0 aliphatic carbocycles. The molecule has 138 valence electrons. The van der Waals surface area contributed by atoms with E-state index < -0.39 is 0 Å². The average molecular weight is 362 g/mol. The van der Waals surface area contributed by atoms with Gasteiger partial charge in [-0.2, -0.15) is 5.10 Å². The van der Waals surface area contributed by atoms with Gasteiger partial charge in [0.25, 0.3) is 5.91 Å². The van der Waals surface area contributed by atoms with Crippen LogP contribution in [0.25, 0.3) is 16.9 Å². The van der Waals surface area contributed by atoms with E-state index in [4.69, 9.17) is 0 Å². The Kier molecular flexibility index (Phi) is 5.66. The molecule has 6 heteroatoms. The topological polar surface area (TPSA) is 76.0 Å². The molecule has 3 aromatic rings. The molecule has 2 N–H and O–H groups in total. The first-order chi connectivity index (χ1) is 13.0. The van der Waals surface area contributed by atoms with E-state index in [-0.39, 0.29) is 24.4 Å². The third-order valence-corrected chi connectivity index (χ3v) is 3.89. The van der Waals surface area contributed by atoms with Crippen LogP contribution in [0.2, 0.25) is 0 Å². The number of carbonyl (C=O) groups excluding carboxylic acids is 2. The first-order valence-corrected chi connectivity index (χ1v) is 8.82. The van der Waals surface area contributed by atoms with Crippen LogP contribution in [0.5, 0.6) is 0 Å². The number of nitrogens with one attached hydrogen (secondary N) is 2. The normalized spacial score (nSPS) is 10.6. The lowest BCUT2D eigenvalue weighted by Gasteiger charge is -2.09. The molecule has 0 aliphatic rings. The van der Waals surface area contributed by atoms with E-state index in [1.54, 1.807) is 10.9 Å². The second-order valence-corrected chi connectivity index (χ2v) is 6.44. The summed E-state index contributed by atoms with van der Waals surface area (Å²) in [7, 11) is 0. The van der Waals surface area contributed by atoms with Gasteiger partial charge in [-0.3, -0.25) is 9.59 Å². The van der Waals surface area contributed by atoms with Crippen LogP contribution in [-0.4, -0.2) is 34.2 Å². The van der Waals surface area contributed by atoms with E-state index in [1.807, 2.05) is 74.5 Å². The van der Waals surface area contributed by atoms with Crippen molar-refractivity contribution in [1.82, 2.24) is 20.4 Å². The molecule has 0 radical (unpaired) electrons. The molecule has 0 spiro atoms. The van der Waals surface area contributed by atoms with Crippen molar-refractivity contribution in [2.45, 2.75) is 19.9 Å². The number of nitrogens with zero attached hydrogens (tertiary/aromatic N) is 2. The number of aromatic nitrogens is 2. The molecule has 0 fully saturated rings. The Hall–Kier alpha value is -3.41. The maximum Gasteiger partial charge on any atom is 0.255 e. The number of hydrogen-bond donors (Lipinski definition) is 2. The minimum Gasteiger partial charge on any atom is -0.352 e. The average Bonchev–Trinajstić information content (AvgIpc) is 3.12. The minimum absolute atomic E-state index is 0.0233. The summed E-state index contributed by atoms with van der Waals surface area (Å²) in [6, 6.07) is 19.1. The Balaban J connectivity index is 1.89. The SMILES string of the molecule is CC(C)NC(=O)CNC(=O)c1cn(-c2ccccc2)nc1-c1ccccc1. The zero-order valence-corrected chi connectivity index (χ0v) is 15.3. The molecule has 0 bridgehead atoms. The largest absolute Gasteiger partial charge is 0.352 e. The minimum atomic E-state index is -0.338. The van der Waals surface area contributed by atoms with Gasteiger partial charge in [-0.15, -0.1) is 0 Å². The fourth-order valence-electron chi connectivity index (χ4n) is 2.69. The lowest BCUT2D eigenvalue weighted by Crippen LogP contribution is -2.39. The lowest BCUT2D eigenvalue weighted by atomic mass is 10.1. The fraction of sp³-hybridized carbons (Fsp3) is 0.190. The highest BCUT2D eigenvalue weighted by Gasteiger charge is 2.19. The smallest absolute Gasteiger partial charge is 0.255 e. The van der Waals surface area contributed by atoms with Gasteiger partial charge < -0.3 is 10.6 Å². The second-order valence-electron chi connectivity index (χ2n) is 6.44. The first-order valence-electron chi connectivity index (χ1n) is 8.82. The Labute approximate surface area is 158 Å². The van der Waals surface area contributed by atoms with Crippen molar-refractivity contribution < 1.29 is 9.59 Å². The lowest BCUT2D eigenvalue weighted by molar-refractivity contribution is -0.120. The van der Waals surface area contributed by atoms with E-state index in [1.165, 1.54) is 0 Å². The molecule has 1 aromatic heterocycles. The number of benzene rings is 2. The van der Waals surface area contributed by atoms with Gasteiger partial charge in [-0.25, -0.2) is 4.68 Å². The van der Waals surface area contributed by atoms with Crippen LogP contribution in [0.15, 0.2) is 66.9 Å². The van der Waals surface area contributed by atoms with Crippen molar-refractivity contribution in [1.29, 1.82) is 0 Å². The number of hydrogen-bond acceptors (Lipinski definition) is 3. The predicted molar refractivity (Wildman–Crippen MR) is 105 cm³/mol. The monoisotopic (exact) mass is 362 g/mol. The molecule has 27 heavy (non-hydrogen) atoms. The summed E-state index contributed by atoms with van der Waals surface area (Å²) < 4.78 is 1.67. The van der Waals surface area contributed by atoms with Crippen LogP contribution in [0.4, 0.5) is 0 Å². The van der Waals surface area contributed by atoms with Gasteiger partial charge in [0.05, 0.1) is 17.8 Å². The van der Waals surface area contributed by atoms with Crippen LogP contribution in [0, 0.1) is 0 Å². The van der Waals surface area contributed by atoms with Crippen molar-refractivity contribution in [3.8, 4) is 16.9 Å². The summed E-state index contributed by atoms with van der Waals surface area (Å²) in [5, 5.41) is 10.0.